The molecule has 1 aromatic carbocycles. The minimum absolute atomic E-state index is 0.0665. The molecule has 1 heterocycles. The Morgan fingerprint density at radius 3 is 2.50 bits per heavy atom. The molecule has 2 aliphatic rings. The molecule has 1 aromatic rings. The van der Waals surface area contributed by atoms with Gasteiger partial charge in [-0.15, -0.1) is 0 Å². The molecule has 3 nitrogen and oxygen atoms in total. The van der Waals surface area contributed by atoms with Gasteiger partial charge in [-0.2, -0.15) is 13.2 Å². The van der Waals surface area contributed by atoms with E-state index in [0.29, 0.717) is 6.04 Å². The lowest BCUT2D eigenvalue weighted by Crippen LogP contribution is -2.51. The number of halogens is 3. The number of amides is 1. The van der Waals surface area contributed by atoms with E-state index in [9.17, 15) is 18.0 Å². The topological polar surface area (TPSA) is 32.3 Å². The minimum atomic E-state index is -4.43. The van der Waals surface area contributed by atoms with Crippen LogP contribution in [0.3, 0.4) is 0 Å². The molecular formula is C22H27F3N2O. The molecule has 0 atom stereocenters. The van der Waals surface area contributed by atoms with E-state index in [1.807, 2.05) is 12.1 Å². The molecule has 3 rings (SSSR count). The normalized spacial score (nSPS) is 18.2. The van der Waals surface area contributed by atoms with E-state index in [-0.39, 0.29) is 12.8 Å². The van der Waals surface area contributed by atoms with E-state index in [2.05, 4.69) is 42.0 Å². The van der Waals surface area contributed by atoms with Crippen molar-refractivity contribution in [2.24, 2.45) is 5.41 Å². The fourth-order valence-electron chi connectivity index (χ4n) is 3.56. The van der Waals surface area contributed by atoms with Gasteiger partial charge in [0.25, 0.3) is 0 Å². The van der Waals surface area contributed by atoms with Crippen molar-refractivity contribution in [3.05, 3.63) is 29.3 Å². The Hall–Kier alpha value is -2.16. The van der Waals surface area contributed by atoms with E-state index in [4.69, 9.17) is 0 Å². The predicted octanol–water partition coefficient (Wildman–Crippen LogP) is 4.44. The molecule has 1 fully saturated rings. The molecule has 6 heteroatoms. The summed E-state index contributed by atoms with van der Waals surface area (Å²) >= 11 is 0. The highest BCUT2D eigenvalue weighted by molar-refractivity contribution is 5.86. The molecule has 1 N–H and O–H groups in total. The Bertz CT molecular complexity index is 826. The zero-order chi connectivity index (χ0) is 20.7. The quantitative estimate of drug-likeness (QED) is 0.772. The summed E-state index contributed by atoms with van der Waals surface area (Å²) in [6.07, 6.45) is -2.62. The smallest absolute Gasteiger partial charge is 0.369 e. The van der Waals surface area contributed by atoms with Gasteiger partial charge in [-0.3, -0.25) is 4.79 Å². The highest BCUT2D eigenvalue weighted by Crippen LogP contribution is 2.49. The number of nitrogens with one attached hydrogen (secondary N) is 1. The third-order valence-corrected chi connectivity index (χ3v) is 5.63. The van der Waals surface area contributed by atoms with Crippen molar-refractivity contribution < 1.29 is 18.0 Å². The first-order chi connectivity index (χ1) is 13.0. The van der Waals surface area contributed by atoms with Gasteiger partial charge >= 0.3 is 6.18 Å². The van der Waals surface area contributed by atoms with Crippen molar-refractivity contribution in [2.75, 3.05) is 11.4 Å². The van der Waals surface area contributed by atoms with Crippen molar-refractivity contribution in [1.29, 1.82) is 0 Å². The van der Waals surface area contributed by atoms with Crippen LogP contribution in [0.25, 0.3) is 0 Å². The van der Waals surface area contributed by atoms with Crippen LogP contribution in [0, 0.1) is 17.3 Å². The molecular weight excluding hydrogens is 365 g/mol. The number of hydrogen-bond donors (Lipinski definition) is 1. The highest BCUT2D eigenvalue weighted by atomic mass is 19.4. The van der Waals surface area contributed by atoms with E-state index in [0.717, 1.165) is 36.2 Å². The van der Waals surface area contributed by atoms with Gasteiger partial charge in [0.05, 0.1) is 0 Å². The molecule has 1 saturated carbocycles. The molecule has 1 aliphatic carbocycles. The van der Waals surface area contributed by atoms with Gasteiger partial charge in [0.15, 0.2) is 0 Å². The SMILES string of the molecule is CC(C)N1CCCc2c(C#CC(C)(C)C(=O)NC3(C(F)(F)F)CC3)cccc21. The van der Waals surface area contributed by atoms with Crippen LogP contribution in [0.2, 0.25) is 0 Å². The van der Waals surface area contributed by atoms with Gasteiger partial charge in [0, 0.05) is 23.8 Å². The molecule has 0 spiro atoms. The molecule has 0 unspecified atom stereocenters. The van der Waals surface area contributed by atoms with Gasteiger partial charge in [0.2, 0.25) is 5.91 Å². The summed E-state index contributed by atoms with van der Waals surface area (Å²) in [5.74, 6) is 5.33. The van der Waals surface area contributed by atoms with Gasteiger partial charge < -0.3 is 10.2 Å². The Morgan fingerprint density at radius 1 is 1.25 bits per heavy atom. The van der Waals surface area contributed by atoms with E-state index < -0.39 is 23.0 Å². The molecule has 1 amide bonds. The largest absolute Gasteiger partial charge is 0.411 e. The molecule has 0 aromatic heterocycles. The number of alkyl halides is 3. The summed E-state index contributed by atoms with van der Waals surface area (Å²) in [7, 11) is 0. The van der Waals surface area contributed by atoms with Crippen LogP contribution in [0.1, 0.15) is 58.1 Å². The standard InChI is InChI=1S/C22H27F3N2O/c1-15(2)27-14-6-8-17-16(7-5-9-18(17)27)10-11-20(3,4)19(28)26-21(12-13-21)22(23,24)25/h5,7,9,15H,6,8,12-14H2,1-4H3,(H,26,28). The van der Waals surface area contributed by atoms with Crippen LogP contribution in [-0.4, -0.2) is 30.2 Å². The summed E-state index contributed by atoms with van der Waals surface area (Å²) in [5, 5.41) is 2.19. The van der Waals surface area contributed by atoms with E-state index in [1.54, 1.807) is 13.8 Å². The third kappa shape index (κ3) is 3.85. The maximum Gasteiger partial charge on any atom is 0.411 e. The number of carbonyl (C=O) groups excluding carboxylic acids is 1. The zero-order valence-electron chi connectivity index (χ0n) is 16.8. The summed E-state index contributed by atoms with van der Waals surface area (Å²) in [6.45, 7) is 8.43. The molecule has 28 heavy (non-hydrogen) atoms. The molecule has 0 bridgehead atoms. The zero-order valence-corrected chi connectivity index (χ0v) is 16.8. The number of hydrogen-bond acceptors (Lipinski definition) is 2. The van der Waals surface area contributed by atoms with Crippen molar-refractivity contribution in [2.45, 2.75) is 71.1 Å². The second-order valence-electron chi connectivity index (χ2n) is 8.60. The first-order valence-corrected chi connectivity index (χ1v) is 9.78. The molecule has 1 aliphatic heterocycles. The minimum Gasteiger partial charge on any atom is -0.369 e. The lowest BCUT2D eigenvalue weighted by Gasteiger charge is -2.35. The summed E-state index contributed by atoms with van der Waals surface area (Å²) in [5.41, 5.74) is -0.118. The highest BCUT2D eigenvalue weighted by Gasteiger charge is 2.64. The molecule has 152 valence electrons. The van der Waals surface area contributed by atoms with Crippen LogP contribution in [0.5, 0.6) is 0 Å². The maximum atomic E-state index is 13.1. The first-order valence-electron chi connectivity index (χ1n) is 9.78. The van der Waals surface area contributed by atoms with Crippen LogP contribution >= 0.6 is 0 Å². The number of rotatable bonds is 3. The van der Waals surface area contributed by atoms with Crippen molar-refractivity contribution in [3.63, 3.8) is 0 Å². The average Bonchev–Trinajstić information content (AvgIpc) is 3.40. The number of benzene rings is 1. The Balaban J connectivity index is 1.83. The number of anilines is 1. The van der Waals surface area contributed by atoms with E-state index >= 15 is 0 Å². The van der Waals surface area contributed by atoms with Crippen molar-refractivity contribution in [3.8, 4) is 11.8 Å². The van der Waals surface area contributed by atoms with Crippen molar-refractivity contribution >= 4 is 11.6 Å². The summed E-state index contributed by atoms with van der Waals surface area (Å²) < 4.78 is 39.4. The maximum absolute atomic E-state index is 13.1. The van der Waals surface area contributed by atoms with Crippen LogP contribution < -0.4 is 10.2 Å². The fourth-order valence-corrected chi connectivity index (χ4v) is 3.56. The average molecular weight is 392 g/mol. The lowest BCUT2D eigenvalue weighted by atomic mass is 9.90. The summed E-state index contributed by atoms with van der Waals surface area (Å²) in [4.78, 5) is 14.8. The number of nitrogens with zero attached hydrogens (tertiary/aromatic N) is 1. The number of carbonyl (C=O) groups is 1. The Labute approximate surface area is 164 Å². The van der Waals surface area contributed by atoms with Gasteiger partial charge in [-0.1, -0.05) is 17.9 Å². The van der Waals surface area contributed by atoms with Gasteiger partial charge in [-0.05, 0) is 71.1 Å². The van der Waals surface area contributed by atoms with E-state index in [1.165, 1.54) is 0 Å². The third-order valence-electron chi connectivity index (χ3n) is 5.63. The molecule has 0 saturated heterocycles. The number of fused-ring (bicyclic) bond motifs is 1. The van der Waals surface area contributed by atoms with Gasteiger partial charge in [-0.25, -0.2) is 0 Å². The van der Waals surface area contributed by atoms with Crippen LogP contribution in [0.15, 0.2) is 18.2 Å². The molecule has 0 radical (unpaired) electrons. The fraction of sp³-hybridized carbons (Fsp3) is 0.591. The predicted molar refractivity (Wildman–Crippen MR) is 104 cm³/mol. The lowest BCUT2D eigenvalue weighted by molar-refractivity contribution is -0.172. The van der Waals surface area contributed by atoms with Gasteiger partial charge in [0.1, 0.15) is 11.0 Å². The van der Waals surface area contributed by atoms with Crippen LogP contribution in [0.4, 0.5) is 18.9 Å². The Morgan fingerprint density at radius 2 is 1.93 bits per heavy atom. The summed E-state index contributed by atoms with van der Waals surface area (Å²) in [6, 6.07) is 6.32. The second kappa shape index (κ2) is 7.02. The van der Waals surface area contributed by atoms with Crippen molar-refractivity contribution in [1.82, 2.24) is 5.32 Å². The first kappa shape index (κ1) is 20.6. The second-order valence-corrected chi connectivity index (χ2v) is 8.60. The van der Waals surface area contributed by atoms with Crippen LogP contribution in [-0.2, 0) is 11.2 Å². The monoisotopic (exact) mass is 392 g/mol. The Kier molecular flexibility index (Phi) is 5.16.